The van der Waals surface area contributed by atoms with Crippen molar-refractivity contribution in [2.24, 2.45) is 7.05 Å². The summed E-state index contributed by atoms with van der Waals surface area (Å²) < 4.78 is 17.3. The number of imidazole rings is 1. The number of aromatic nitrogens is 4. The van der Waals surface area contributed by atoms with Crippen LogP contribution < -0.4 is 5.32 Å². The summed E-state index contributed by atoms with van der Waals surface area (Å²) in [6.45, 7) is 0. The molecule has 146 valence electrons. The molecule has 0 spiro atoms. The number of aryl methyl sites for hydroxylation is 1. The molecule has 0 saturated carbocycles. The summed E-state index contributed by atoms with van der Waals surface area (Å²) in [5.74, 6) is 0.0684. The van der Waals surface area contributed by atoms with E-state index in [-0.39, 0.29) is 18.1 Å². The Morgan fingerprint density at radius 3 is 2.72 bits per heavy atom. The number of nitrogens with one attached hydrogen (secondary N) is 1. The van der Waals surface area contributed by atoms with E-state index in [9.17, 15) is 9.18 Å². The summed E-state index contributed by atoms with van der Waals surface area (Å²) >= 11 is 0. The van der Waals surface area contributed by atoms with Gasteiger partial charge in [0.25, 0.3) is 0 Å². The van der Waals surface area contributed by atoms with Gasteiger partial charge in [-0.25, -0.2) is 14.1 Å². The normalized spacial score (nSPS) is 11.9. The first-order chi connectivity index (χ1) is 14.1. The summed E-state index contributed by atoms with van der Waals surface area (Å²) in [5, 5.41) is 7.30. The zero-order valence-electron chi connectivity index (χ0n) is 15.9. The molecule has 4 aromatic rings. The number of rotatable bonds is 6. The summed E-state index contributed by atoms with van der Waals surface area (Å²) in [6, 6.07) is 15.3. The molecule has 6 nitrogen and oxygen atoms in total. The minimum Gasteiger partial charge on any atom is -0.342 e. The van der Waals surface area contributed by atoms with Crippen LogP contribution in [0.2, 0.25) is 0 Å². The quantitative estimate of drug-likeness (QED) is 0.551. The first-order valence-corrected chi connectivity index (χ1v) is 9.21. The molecule has 1 amide bonds. The lowest BCUT2D eigenvalue weighted by Gasteiger charge is -2.19. The van der Waals surface area contributed by atoms with Gasteiger partial charge in [-0.3, -0.25) is 4.79 Å². The van der Waals surface area contributed by atoms with Gasteiger partial charge in [-0.05, 0) is 35.4 Å². The molecule has 0 aliphatic carbocycles. The number of nitrogens with zero attached hydrogens (tertiary/aromatic N) is 4. The number of para-hydroxylation sites is 1. The van der Waals surface area contributed by atoms with Gasteiger partial charge in [0.1, 0.15) is 17.7 Å². The van der Waals surface area contributed by atoms with Crippen LogP contribution >= 0.6 is 0 Å². The van der Waals surface area contributed by atoms with E-state index >= 15 is 0 Å². The van der Waals surface area contributed by atoms with Gasteiger partial charge in [0, 0.05) is 25.6 Å². The third-order valence-electron chi connectivity index (χ3n) is 4.63. The highest BCUT2D eigenvalue weighted by molar-refractivity contribution is 5.79. The average Bonchev–Trinajstić information content (AvgIpc) is 3.36. The average molecular weight is 389 g/mol. The van der Waals surface area contributed by atoms with Crippen LogP contribution in [0.25, 0.3) is 5.69 Å². The lowest BCUT2D eigenvalue weighted by atomic mass is 10.1. The molecule has 1 N–H and O–H groups in total. The summed E-state index contributed by atoms with van der Waals surface area (Å²) in [6.07, 6.45) is 7.09. The lowest BCUT2D eigenvalue weighted by molar-refractivity contribution is -0.121. The van der Waals surface area contributed by atoms with Crippen LogP contribution in [0.4, 0.5) is 4.39 Å². The molecule has 0 fully saturated rings. The van der Waals surface area contributed by atoms with E-state index in [1.807, 2.05) is 48.1 Å². The molecule has 2 aromatic heterocycles. The first kappa shape index (κ1) is 18.6. The van der Waals surface area contributed by atoms with Crippen molar-refractivity contribution in [1.82, 2.24) is 24.6 Å². The zero-order valence-corrected chi connectivity index (χ0v) is 15.9. The van der Waals surface area contributed by atoms with Gasteiger partial charge in [0.2, 0.25) is 5.91 Å². The molecule has 0 saturated heterocycles. The summed E-state index contributed by atoms with van der Waals surface area (Å²) in [4.78, 5) is 17.1. The predicted octanol–water partition coefficient (Wildman–Crippen LogP) is 3.19. The monoisotopic (exact) mass is 389 g/mol. The maximum atomic E-state index is 13.8. The number of benzene rings is 2. The van der Waals surface area contributed by atoms with Crippen LogP contribution in [0.3, 0.4) is 0 Å². The maximum absolute atomic E-state index is 13.8. The van der Waals surface area contributed by atoms with E-state index < -0.39 is 6.04 Å². The largest absolute Gasteiger partial charge is 0.342 e. The lowest BCUT2D eigenvalue weighted by Crippen LogP contribution is -2.32. The molecule has 0 bridgehead atoms. The van der Waals surface area contributed by atoms with Crippen molar-refractivity contribution in [3.63, 3.8) is 0 Å². The third-order valence-corrected chi connectivity index (χ3v) is 4.63. The topological polar surface area (TPSA) is 64.7 Å². The van der Waals surface area contributed by atoms with Crippen LogP contribution in [0.15, 0.2) is 79.4 Å². The molecule has 2 heterocycles. The summed E-state index contributed by atoms with van der Waals surface area (Å²) in [5.41, 5.74) is 2.33. The van der Waals surface area contributed by atoms with Crippen molar-refractivity contribution in [3.8, 4) is 5.69 Å². The van der Waals surface area contributed by atoms with Gasteiger partial charge in [-0.15, -0.1) is 0 Å². The Labute approximate surface area is 167 Å². The van der Waals surface area contributed by atoms with Crippen molar-refractivity contribution in [2.45, 2.75) is 12.5 Å². The van der Waals surface area contributed by atoms with Gasteiger partial charge >= 0.3 is 0 Å². The molecule has 0 unspecified atom stereocenters. The Bertz CT molecular complexity index is 1120. The van der Waals surface area contributed by atoms with Crippen LogP contribution in [-0.4, -0.2) is 25.2 Å². The SMILES string of the molecule is Cn1ccnc1[C@@H](NC(=O)Cc1cnn(-c2ccccc2)c1)c1cccc(F)c1. The van der Waals surface area contributed by atoms with E-state index in [1.165, 1.54) is 12.1 Å². The Hall–Kier alpha value is -3.74. The number of carbonyl (C=O) groups is 1. The molecule has 0 radical (unpaired) electrons. The Morgan fingerprint density at radius 1 is 1.17 bits per heavy atom. The third kappa shape index (κ3) is 4.24. The number of halogens is 1. The Balaban J connectivity index is 1.53. The minimum atomic E-state index is -0.553. The van der Waals surface area contributed by atoms with Crippen LogP contribution in [0.1, 0.15) is 23.0 Å². The number of hydrogen-bond donors (Lipinski definition) is 1. The van der Waals surface area contributed by atoms with E-state index in [4.69, 9.17) is 0 Å². The highest BCUT2D eigenvalue weighted by atomic mass is 19.1. The van der Waals surface area contributed by atoms with E-state index in [2.05, 4.69) is 15.4 Å². The molecule has 0 aliphatic heterocycles. The molecule has 2 aromatic carbocycles. The van der Waals surface area contributed by atoms with Gasteiger partial charge in [0.15, 0.2) is 0 Å². The van der Waals surface area contributed by atoms with Gasteiger partial charge < -0.3 is 9.88 Å². The number of amides is 1. The minimum absolute atomic E-state index is 0.156. The number of hydrogen-bond acceptors (Lipinski definition) is 3. The molecule has 7 heteroatoms. The molecule has 29 heavy (non-hydrogen) atoms. The molecule has 4 rings (SSSR count). The van der Waals surface area contributed by atoms with Crippen LogP contribution in [0.5, 0.6) is 0 Å². The summed E-state index contributed by atoms with van der Waals surface area (Å²) in [7, 11) is 1.84. The number of carbonyl (C=O) groups excluding carboxylic acids is 1. The van der Waals surface area contributed by atoms with Gasteiger partial charge in [-0.1, -0.05) is 30.3 Å². The van der Waals surface area contributed by atoms with Crippen molar-refractivity contribution < 1.29 is 9.18 Å². The molecule has 1 atom stereocenters. The Morgan fingerprint density at radius 2 is 2.00 bits per heavy atom. The van der Waals surface area contributed by atoms with Gasteiger partial charge in [-0.2, -0.15) is 5.10 Å². The molecule has 0 aliphatic rings. The van der Waals surface area contributed by atoms with Crippen molar-refractivity contribution in [3.05, 3.63) is 102 Å². The fraction of sp³-hybridized carbons (Fsp3) is 0.136. The van der Waals surface area contributed by atoms with Gasteiger partial charge in [0.05, 0.1) is 18.3 Å². The second kappa shape index (κ2) is 8.10. The van der Waals surface area contributed by atoms with E-state index in [0.29, 0.717) is 11.4 Å². The zero-order chi connectivity index (χ0) is 20.2. The highest BCUT2D eigenvalue weighted by Gasteiger charge is 2.21. The van der Waals surface area contributed by atoms with Crippen LogP contribution in [-0.2, 0) is 18.3 Å². The Kier molecular flexibility index (Phi) is 5.20. The fourth-order valence-corrected chi connectivity index (χ4v) is 3.21. The molecular formula is C22H20FN5O. The van der Waals surface area contributed by atoms with E-state index in [1.54, 1.807) is 35.4 Å². The molecular weight excluding hydrogens is 369 g/mol. The smallest absolute Gasteiger partial charge is 0.225 e. The van der Waals surface area contributed by atoms with Crippen molar-refractivity contribution >= 4 is 5.91 Å². The van der Waals surface area contributed by atoms with E-state index in [0.717, 1.165) is 11.3 Å². The second-order valence-electron chi connectivity index (χ2n) is 6.76. The fourth-order valence-electron chi connectivity index (χ4n) is 3.21. The predicted molar refractivity (Wildman–Crippen MR) is 107 cm³/mol. The second-order valence-corrected chi connectivity index (χ2v) is 6.76. The van der Waals surface area contributed by atoms with Crippen LogP contribution in [0, 0.1) is 5.82 Å². The maximum Gasteiger partial charge on any atom is 0.225 e. The van der Waals surface area contributed by atoms with Crippen molar-refractivity contribution in [1.29, 1.82) is 0 Å². The standard InChI is InChI=1S/C22H20FN5O/c1-27-11-10-24-22(27)21(17-6-5-7-18(23)13-17)26-20(29)12-16-14-25-28(15-16)19-8-3-2-4-9-19/h2-11,13-15,21H,12H2,1H3,(H,26,29)/t21-/m0/s1. The van der Waals surface area contributed by atoms with Crippen molar-refractivity contribution in [2.75, 3.05) is 0 Å². The highest BCUT2D eigenvalue weighted by Crippen LogP contribution is 2.21. The first-order valence-electron chi connectivity index (χ1n) is 9.21.